The van der Waals surface area contributed by atoms with Crippen molar-refractivity contribution in [3.8, 4) is 0 Å². The Morgan fingerprint density at radius 1 is 1.39 bits per heavy atom. The van der Waals surface area contributed by atoms with Crippen molar-refractivity contribution in [2.75, 3.05) is 13.7 Å². The fourth-order valence-electron chi connectivity index (χ4n) is 2.36. The van der Waals surface area contributed by atoms with E-state index < -0.39 is 6.10 Å². The number of hydrogen-bond donors (Lipinski definition) is 0. The number of nitrogens with zero attached hydrogens (tertiary/aromatic N) is 1. The molecule has 0 saturated carbocycles. The van der Waals surface area contributed by atoms with Gasteiger partial charge in [-0.25, -0.2) is 4.79 Å². The van der Waals surface area contributed by atoms with Crippen molar-refractivity contribution in [2.24, 2.45) is 0 Å². The van der Waals surface area contributed by atoms with E-state index in [1.54, 1.807) is 12.0 Å². The molecular weight excluding hydrogens is 230 g/mol. The Bertz CT molecular complexity index is 407. The van der Waals surface area contributed by atoms with Gasteiger partial charge in [-0.15, -0.1) is 0 Å². The van der Waals surface area contributed by atoms with Crippen LogP contribution in [-0.4, -0.2) is 36.8 Å². The molecule has 0 amide bonds. The van der Waals surface area contributed by atoms with Gasteiger partial charge in [0.05, 0.1) is 6.61 Å². The first-order valence-corrected chi connectivity index (χ1v) is 6.26. The van der Waals surface area contributed by atoms with Gasteiger partial charge in [0.25, 0.3) is 0 Å². The number of carbonyl (C=O) groups is 1. The zero-order valence-corrected chi connectivity index (χ0v) is 11.0. The summed E-state index contributed by atoms with van der Waals surface area (Å²) in [6.07, 6.45) is -0.549. The minimum atomic E-state index is -0.549. The lowest BCUT2D eigenvalue weighted by atomic mass is 9.88. The monoisotopic (exact) mass is 249 g/mol. The van der Waals surface area contributed by atoms with Crippen molar-refractivity contribution < 1.29 is 14.4 Å². The molecule has 2 rings (SSSR count). The minimum absolute atomic E-state index is 0.00949. The first-order valence-electron chi connectivity index (χ1n) is 6.26. The molecule has 1 fully saturated rings. The lowest BCUT2D eigenvalue weighted by Gasteiger charge is -2.19. The molecule has 0 aromatic heterocycles. The van der Waals surface area contributed by atoms with Gasteiger partial charge in [0.2, 0.25) is 0 Å². The van der Waals surface area contributed by atoms with Crippen molar-refractivity contribution in [3.05, 3.63) is 35.9 Å². The van der Waals surface area contributed by atoms with Gasteiger partial charge in [-0.05, 0) is 19.4 Å². The van der Waals surface area contributed by atoms with Gasteiger partial charge in [-0.1, -0.05) is 30.3 Å². The van der Waals surface area contributed by atoms with Crippen molar-refractivity contribution in [1.29, 1.82) is 0 Å². The molecule has 1 aliphatic rings. The predicted octanol–water partition coefficient (Wildman–Crippen LogP) is 1.97. The van der Waals surface area contributed by atoms with E-state index in [1.807, 2.05) is 37.4 Å². The van der Waals surface area contributed by atoms with Crippen LogP contribution in [0.5, 0.6) is 0 Å². The molecule has 98 valence electrons. The van der Waals surface area contributed by atoms with Crippen LogP contribution in [-0.2, 0) is 14.4 Å². The molecule has 18 heavy (non-hydrogen) atoms. The van der Waals surface area contributed by atoms with Gasteiger partial charge in [-0.3, -0.25) is 4.84 Å². The summed E-state index contributed by atoms with van der Waals surface area (Å²) in [5.41, 5.74) is 1.10. The number of rotatable bonds is 3. The average Bonchev–Trinajstić information content (AvgIpc) is 2.67. The maximum Gasteiger partial charge on any atom is 0.338 e. The SMILES string of the molecule is CCOC(=O)C1ON(C)[C@@H](C)[C@@H]1c1ccccc1. The molecule has 1 aromatic rings. The zero-order chi connectivity index (χ0) is 13.1. The van der Waals surface area contributed by atoms with Crippen LogP contribution in [0.1, 0.15) is 25.3 Å². The van der Waals surface area contributed by atoms with Crippen LogP contribution < -0.4 is 0 Å². The molecule has 1 saturated heterocycles. The molecule has 0 spiro atoms. The van der Waals surface area contributed by atoms with Crippen molar-refractivity contribution >= 4 is 5.97 Å². The van der Waals surface area contributed by atoms with Gasteiger partial charge in [0.1, 0.15) is 0 Å². The highest BCUT2D eigenvalue weighted by molar-refractivity contribution is 5.76. The lowest BCUT2D eigenvalue weighted by Crippen LogP contribution is -2.30. The Morgan fingerprint density at radius 3 is 2.67 bits per heavy atom. The smallest absolute Gasteiger partial charge is 0.338 e. The Balaban J connectivity index is 2.26. The number of esters is 1. The standard InChI is InChI=1S/C14H19NO3/c1-4-17-14(16)13-12(10(2)15(3)18-13)11-8-6-5-7-9-11/h5-10,12-13H,4H2,1-3H3/t10-,12+,13?/m0/s1. The van der Waals surface area contributed by atoms with E-state index in [4.69, 9.17) is 9.57 Å². The summed E-state index contributed by atoms with van der Waals surface area (Å²) >= 11 is 0. The molecule has 1 aromatic carbocycles. The maximum atomic E-state index is 11.9. The highest BCUT2D eigenvalue weighted by Gasteiger charge is 2.44. The molecule has 0 aliphatic carbocycles. The van der Waals surface area contributed by atoms with E-state index in [0.717, 1.165) is 5.56 Å². The highest BCUT2D eigenvalue weighted by Crippen LogP contribution is 2.35. The van der Waals surface area contributed by atoms with Crippen LogP contribution in [0, 0.1) is 0 Å². The minimum Gasteiger partial charge on any atom is -0.464 e. The third kappa shape index (κ3) is 2.40. The molecule has 0 radical (unpaired) electrons. The first-order chi connectivity index (χ1) is 8.65. The largest absolute Gasteiger partial charge is 0.464 e. The number of carbonyl (C=O) groups excluding carboxylic acids is 1. The van der Waals surface area contributed by atoms with E-state index in [1.165, 1.54) is 0 Å². The van der Waals surface area contributed by atoms with Gasteiger partial charge in [-0.2, -0.15) is 5.06 Å². The summed E-state index contributed by atoms with van der Waals surface area (Å²) < 4.78 is 5.08. The quantitative estimate of drug-likeness (QED) is 0.768. The van der Waals surface area contributed by atoms with Crippen LogP contribution in [0.25, 0.3) is 0 Å². The van der Waals surface area contributed by atoms with Crippen molar-refractivity contribution in [3.63, 3.8) is 0 Å². The van der Waals surface area contributed by atoms with Crippen LogP contribution >= 0.6 is 0 Å². The predicted molar refractivity (Wildman–Crippen MR) is 67.9 cm³/mol. The highest BCUT2D eigenvalue weighted by atomic mass is 16.7. The fourth-order valence-corrected chi connectivity index (χ4v) is 2.36. The molecule has 0 bridgehead atoms. The number of ether oxygens (including phenoxy) is 1. The summed E-state index contributed by atoms with van der Waals surface area (Å²) in [6.45, 7) is 4.23. The first kappa shape index (κ1) is 13.1. The number of likely N-dealkylation sites (N-methyl/N-ethyl adjacent to an activating group) is 1. The van der Waals surface area contributed by atoms with Crippen LogP contribution in [0.4, 0.5) is 0 Å². The van der Waals surface area contributed by atoms with E-state index in [9.17, 15) is 4.79 Å². The maximum absolute atomic E-state index is 11.9. The Kier molecular flexibility index (Phi) is 3.99. The second kappa shape index (κ2) is 5.50. The number of benzene rings is 1. The Morgan fingerprint density at radius 2 is 2.06 bits per heavy atom. The molecule has 1 heterocycles. The molecule has 1 aliphatic heterocycles. The van der Waals surface area contributed by atoms with Gasteiger partial charge in [0, 0.05) is 19.0 Å². The van der Waals surface area contributed by atoms with Crippen molar-refractivity contribution in [1.82, 2.24) is 5.06 Å². The molecule has 0 N–H and O–H groups in total. The molecule has 3 atom stereocenters. The molecule has 4 nitrogen and oxygen atoms in total. The van der Waals surface area contributed by atoms with E-state index in [-0.39, 0.29) is 17.9 Å². The second-order valence-corrected chi connectivity index (χ2v) is 4.50. The lowest BCUT2D eigenvalue weighted by molar-refractivity contribution is -0.180. The van der Waals surface area contributed by atoms with E-state index >= 15 is 0 Å². The van der Waals surface area contributed by atoms with E-state index in [2.05, 4.69) is 6.92 Å². The van der Waals surface area contributed by atoms with Crippen LogP contribution in [0.2, 0.25) is 0 Å². The Hall–Kier alpha value is -1.39. The summed E-state index contributed by atoms with van der Waals surface area (Å²) in [7, 11) is 1.85. The van der Waals surface area contributed by atoms with Crippen LogP contribution in [0.15, 0.2) is 30.3 Å². The number of hydrogen-bond acceptors (Lipinski definition) is 4. The second-order valence-electron chi connectivity index (χ2n) is 4.50. The molecule has 1 unspecified atom stereocenters. The number of hydroxylamine groups is 2. The topological polar surface area (TPSA) is 38.8 Å². The zero-order valence-electron chi connectivity index (χ0n) is 11.0. The summed E-state index contributed by atoms with van der Waals surface area (Å²) in [5.74, 6) is -0.280. The summed E-state index contributed by atoms with van der Waals surface area (Å²) in [6, 6.07) is 10.1. The summed E-state index contributed by atoms with van der Waals surface area (Å²) in [5, 5.41) is 1.74. The van der Waals surface area contributed by atoms with Crippen LogP contribution in [0.3, 0.4) is 0 Å². The fraction of sp³-hybridized carbons (Fsp3) is 0.500. The molecule has 4 heteroatoms. The summed E-state index contributed by atoms with van der Waals surface area (Å²) in [4.78, 5) is 17.6. The van der Waals surface area contributed by atoms with Crippen molar-refractivity contribution in [2.45, 2.75) is 31.9 Å². The molecular formula is C14H19NO3. The average molecular weight is 249 g/mol. The third-order valence-corrected chi connectivity index (χ3v) is 3.40. The van der Waals surface area contributed by atoms with Gasteiger partial charge < -0.3 is 4.74 Å². The third-order valence-electron chi connectivity index (χ3n) is 3.40. The van der Waals surface area contributed by atoms with Gasteiger partial charge in [0.15, 0.2) is 6.10 Å². The Labute approximate surface area is 107 Å². The van der Waals surface area contributed by atoms with Gasteiger partial charge >= 0.3 is 5.97 Å². The normalized spacial score (nSPS) is 28.3. The van der Waals surface area contributed by atoms with E-state index in [0.29, 0.717) is 6.61 Å².